The second-order valence-corrected chi connectivity index (χ2v) is 10.2. The van der Waals surface area contributed by atoms with E-state index < -0.39 is 0 Å². The highest BCUT2D eigenvalue weighted by molar-refractivity contribution is 5.03. The molecule has 2 atom stereocenters. The van der Waals surface area contributed by atoms with Crippen LogP contribution < -0.4 is 0 Å². The number of hydrogen-bond donors (Lipinski definition) is 0. The van der Waals surface area contributed by atoms with Crippen molar-refractivity contribution in [3.8, 4) is 6.07 Å². The van der Waals surface area contributed by atoms with Gasteiger partial charge in [0, 0.05) is 0 Å². The monoisotopic (exact) mass is 357 g/mol. The second kappa shape index (κ2) is 9.61. The van der Waals surface area contributed by atoms with E-state index in [1.54, 1.807) is 0 Å². The van der Waals surface area contributed by atoms with E-state index in [0.29, 0.717) is 0 Å². The molecule has 3 aliphatic rings. The number of rotatable bonds is 6. The zero-order valence-corrected chi connectivity index (χ0v) is 17.6. The van der Waals surface area contributed by atoms with Gasteiger partial charge in [-0.05, 0) is 87.4 Å². The maximum atomic E-state index is 9.81. The third-order valence-corrected chi connectivity index (χ3v) is 8.59. The van der Waals surface area contributed by atoms with E-state index in [-0.39, 0.29) is 5.41 Å². The van der Waals surface area contributed by atoms with Crippen LogP contribution in [0.1, 0.15) is 117 Å². The molecule has 0 heterocycles. The minimum Gasteiger partial charge on any atom is -0.198 e. The lowest BCUT2D eigenvalue weighted by molar-refractivity contribution is 0.0821. The molecule has 148 valence electrons. The summed E-state index contributed by atoms with van der Waals surface area (Å²) in [5.41, 5.74) is 0.0339. The second-order valence-electron chi connectivity index (χ2n) is 10.2. The van der Waals surface area contributed by atoms with Crippen molar-refractivity contribution in [3.63, 3.8) is 0 Å². The molecule has 0 aromatic rings. The highest BCUT2D eigenvalue weighted by Gasteiger charge is 2.40. The summed E-state index contributed by atoms with van der Waals surface area (Å²) in [6.07, 6.45) is 22.3. The van der Waals surface area contributed by atoms with Gasteiger partial charge in [0.1, 0.15) is 0 Å². The van der Waals surface area contributed by atoms with Crippen molar-refractivity contribution in [1.29, 1.82) is 5.26 Å². The van der Waals surface area contributed by atoms with Gasteiger partial charge in [0.25, 0.3) is 0 Å². The molecule has 1 nitrogen and oxygen atoms in total. The molecule has 2 unspecified atom stereocenters. The van der Waals surface area contributed by atoms with Crippen molar-refractivity contribution in [2.24, 2.45) is 35.0 Å². The largest absolute Gasteiger partial charge is 0.198 e. The Balaban J connectivity index is 1.46. The summed E-state index contributed by atoms with van der Waals surface area (Å²) in [5, 5.41) is 9.81. The van der Waals surface area contributed by atoms with Crippen LogP contribution in [0.3, 0.4) is 0 Å². The third kappa shape index (κ3) is 4.85. The van der Waals surface area contributed by atoms with Crippen molar-refractivity contribution < 1.29 is 0 Å². The predicted octanol–water partition coefficient (Wildman–Crippen LogP) is 7.90. The first-order valence-corrected chi connectivity index (χ1v) is 12.1. The lowest BCUT2D eigenvalue weighted by atomic mass is 9.61. The Labute approximate surface area is 163 Å². The number of nitriles is 1. The average Bonchev–Trinajstić information content (AvgIpc) is 2.69. The Kier molecular flexibility index (Phi) is 7.48. The highest BCUT2D eigenvalue weighted by Crippen LogP contribution is 2.50. The van der Waals surface area contributed by atoms with E-state index in [1.807, 2.05) is 0 Å². The van der Waals surface area contributed by atoms with E-state index >= 15 is 0 Å². The maximum Gasteiger partial charge on any atom is 0.0689 e. The third-order valence-electron chi connectivity index (χ3n) is 8.59. The van der Waals surface area contributed by atoms with Gasteiger partial charge in [0.05, 0.1) is 11.5 Å². The van der Waals surface area contributed by atoms with Crippen LogP contribution in [0.5, 0.6) is 0 Å². The van der Waals surface area contributed by atoms with Gasteiger partial charge in [-0.1, -0.05) is 58.8 Å². The molecule has 0 radical (unpaired) electrons. The van der Waals surface area contributed by atoms with Crippen LogP contribution in [0.15, 0.2) is 0 Å². The summed E-state index contributed by atoms with van der Waals surface area (Å²) in [7, 11) is 0. The molecule has 0 aromatic heterocycles. The molecule has 0 aliphatic heterocycles. The van der Waals surface area contributed by atoms with Gasteiger partial charge >= 0.3 is 0 Å². The predicted molar refractivity (Wildman–Crippen MR) is 111 cm³/mol. The molecule has 0 saturated heterocycles. The van der Waals surface area contributed by atoms with Crippen molar-refractivity contribution in [2.75, 3.05) is 0 Å². The van der Waals surface area contributed by atoms with E-state index in [4.69, 9.17) is 0 Å². The van der Waals surface area contributed by atoms with Crippen LogP contribution in [0.4, 0.5) is 0 Å². The van der Waals surface area contributed by atoms with Gasteiger partial charge in [-0.25, -0.2) is 0 Å². The summed E-state index contributed by atoms with van der Waals surface area (Å²) in [4.78, 5) is 0. The molecule has 0 spiro atoms. The van der Waals surface area contributed by atoms with Gasteiger partial charge in [-0.15, -0.1) is 0 Å². The summed E-state index contributed by atoms with van der Waals surface area (Å²) in [6.45, 7) is 4.60. The zero-order chi connectivity index (χ0) is 18.4. The Morgan fingerprint density at radius 1 is 0.769 bits per heavy atom. The standard InChI is InChI=1S/C25H43N/c1-3-6-20-8-10-21(11-9-20)22-12-14-23(15-13-22)24-7-5-17-25(18-24,19-26)16-4-2/h20-24H,3-18H2,1-2H3. The lowest BCUT2D eigenvalue weighted by Gasteiger charge is -2.43. The van der Waals surface area contributed by atoms with Crippen molar-refractivity contribution in [3.05, 3.63) is 0 Å². The van der Waals surface area contributed by atoms with Crippen LogP contribution in [-0.2, 0) is 0 Å². The molecule has 0 bridgehead atoms. The minimum atomic E-state index is 0.0339. The molecule has 3 fully saturated rings. The van der Waals surface area contributed by atoms with Gasteiger partial charge in [-0.3, -0.25) is 0 Å². The normalized spacial score (nSPS) is 41.5. The van der Waals surface area contributed by atoms with Crippen molar-refractivity contribution in [1.82, 2.24) is 0 Å². The SMILES string of the molecule is CCCC1CCC(C2CCC(C3CCCC(C#N)(CCC)C3)CC2)CC1. The van der Waals surface area contributed by atoms with E-state index in [9.17, 15) is 5.26 Å². The summed E-state index contributed by atoms with van der Waals surface area (Å²) in [5.74, 6) is 4.93. The fourth-order valence-corrected chi connectivity index (χ4v) is 7.12. The van der Waals surface area contributed by atoms with E-state index in [2.05, 4.69) is 19.9 Å². The molecule has 3 aliphatic carbocycles. The number of nitrogens with zero attached hydrogens (tertiary/aromatic N) is 1. The topological polar surface area (TPSA) is 23.8 Å². The fraction of sp³-hybridized carbons (Fsp3) is 0.960. The Bertz CT molecular complexity index is 443. The van der Waals surface area contributed by atoms with Gasteiger partial charge < -0.3 is 0 Å². The Morgan fingerprint density at radius 3 is 1.88 bits per heavy atom. The van der Waals surface area contributed by atoms with Gasteiger partial charge in [-0.2, -0.15) is 5.26 Å². The molecule has 0 N–H and O–H groups in total. The Morgan fingerprint density at radius 2 is 1.35 bits per heavy atom. The molecule has 3 rings (SSSR count). The summed E-state index contributed by atoms with van der Waals surface area (Å²) >= 11 is 0. The molecular formula is C25H43N. The maximum absolute atomic E-state index is 9.81. The van der Waals surface area contributed by atoms with Crippen LogP contribution >= 0.6 is 0 Å². The lowest BCUT2D eigenvalue weighted by Crippen LogP contribution is -2.34. The first kappa shape index (κ1) is 20.2. The molecule has 0 aromatic carbocycles. The zero-order valence-electron chi connectivity index (χ0n) is 17.6. The van der Waals surface area contributed by atoms with Crippen LogP contribution in [0, 0.1) is 46.3 Å². The first-order valence-electron chi connectivity index (χ1n) is 12.1. The van der Waals surface area contributed by atoms with Crippen molar-refractivity contribution >= 4 is 0 Å². The molecule has 1 heteroatoms. The van der Waals surface area contributed by atoms with Crippen LogP contribution in [0.2, 0.25) is 0 Å². The average molecular weight is 358 g/mol. The summed E-state index contributed by atoms with van der Waals surface area (Å²) in [6, 6.07) is 2.76. The minimum absolute atomic E-state index is 0.0339. The quantitative estimate of drug-likeness (QED) is 0.474. The Hall–Kier alpha value is -0.510. The molecule has 26 heavy (non-hydrogen) atoms. The first-order chi connectivity index (χ1) is 12.7. The van der Waals surface area contributed by atoms with Crippen LogP contribution in [-0.4, -0.2) is 0 Å². The summed E-state index contributed by atoms with van der Waals surface area (Å²) < 4.78 is 0. The molecule has 0 amide bonds. The van der Waals surface area contributed by atoms with Crippen molar-refractivity contribution in [2.45, 2.75) is 117 Å². The van der Waals surface area contributed by atoms with Gasteiger partial charge in [0.2, 0.25) is 0 Å². The fourth-order valence-electron chi connectivity index (χ4n) is 7.12. The number of hydrogen-bond acceptors (Lipinski definition) is 1. The van der Waals surface area contributed by atoms with E-state index in [0.717, 1.165) is 36.0 Å². The molecule has 3 saturated carbocycles. The van der Waals surface area contributed by atoms with Crippen LogP contribution in [0.25, 0.3) is 0 Å². The van der Waals surface area contributed by atoms with Gasteiger partial charge in [0.15, 0.2) is 0 Å². The highest BCUT2D eigenvalue weighted by atomic mass is 14.5. The molecular weight excluding hydrogens is 314 g/mol. The smallest absolute Gasteiger partial charge is 0.0689 e. The van der Waals surface area contributed by atoms with E-state index in [1.165, 1.54) is 96.3 Å².